The van der Waals surface area contributed by atoms with E-state index in [1.165, 1.54) is 5.56 Å². The highest BCUT2D eigenvalue weighted by atomic mass is 16.1. The lowest BCUT2D eigenvalue weighted by Crippen LogP contribution is -2.18. The molecule has 2 aromatic heterocycles. The molecule has 0 unspecified atom stereocenters. The average Bonchev–Trinajstić information content (AvgIpc) is 3.02. The summed E-state index contributed by atoms with van der Waals surface area (Å²) in [4.78, 5) is 11.9. The molecule has 2 heterocycles. The highest BCUT2D eigenvalue weighted by Crippen LogP contribution is 2.23. The van der Waals surface area contributed by atoms with Gasteiger partial charge in [-0.05, 0) is 41.8 Å². The van der Waals surface area contributed by atoms with E-state index in [4.69, 9.17) is 0 Å². The molecule has 5 heteroatoms. The van der Waals surface area contributed by atoms with E-state index in [1.54, 1.807) is 11.6 Å². The first-order chi connectivity index (χ1) is 12.1. The Hall–Kier alpha value is -3.21. The Morgan fingerprint density at radius 1 is 1.00 bits per heavy atom. The van der Waals surface area contributed by atoms with Crippen molar-refractivity contribution < 1.29 is 0 Å². The molecule has 0 fully saturated rings. The zero-order chi connectivity index (χ0) is 17.4. The normalized spacial score (nSPS) is 11.1. The van der Waals surface area contributed by atoms with Crippen molar-refractivity contribution in [3.05, 3.63) is 82.3 Å². The van der Waals surface area contributed by atoms with Crippen LogP contribution in [-0.4, -0.2) is 19.6 Å². The predicted octanol–water partition coefficient (Wildman–Crippen LogP) is 3.15. The summed E-state index contributed by atoms with van der Waals surface area (Å²) in [6, 6.07) is 18.2. The van der Waals surface area contributed by atoms with Crippen molar-refractivity contribution in [3.63, 3.8) is 0 Å². The summed E-state index contributed by atoms with van der Waals surface area (Å²) in [6.07, 6.45) is 1.86. The molecule has 0 N–H and O–H groups in total. The van der Waals surface area contributed by atoms with Crippen LogP contribution in [-0.2, 0) is 13.6 Å². The molecule has 25 heavy (non-hydrogen) atoms. The fraction of sp³-hybridized carbons (Fsp3) is 0.150. The molecule has 0 bridgehead atoms. The molecular weight excluding hydrogens is 312 g/mol. The molecule has 0 spiro atoms. The predicted molar refractivity (Wildman–Crippen MR) is 98.5 cm³/mol. The third-order valence-corrected chi connectivity index (χ3v) is 4.38. The Morgan fingerprint density at radius 3 is 2.56 bits per heavy atom. The van der Waals surface area contributed by atoms with Gasteiger partial charge in [-0.3, -0.25) is 4.79 Å². The van der Waals surface area contributed by atoms with Gasteiger partial charge in [0.1, 0.15) is 5.52 Å². The number of aryl methyl sites for hydroxylation is 2. The van der Waals surface area contributed by atoms with Gasteiger partial charge in [0.2, 0.25) is 0 Å². The highest BCUT2D eigenvalue weighted by Gasteiger charge is 2.09. The van der Waals surface area contributed by atoms with Crippen molar-refractivity contribution >= 4 is 11.0 Å². The maximum absolute atomic E-state index is 11.9. The van der Waals surface area contributed by atoms with Gasteiger partial charge in [-0.2, -0.15) is 0 Å². The molecule has 2 aromatic carbocycles. The van der Waals surface area contributed by atoms with Crippen LogP contribution in [0.15, 0.2) is 65.6 Å². The number of hydrogen-bond acceptors (Lipinski definition) is 3. The van der Waals surface area contributed by atoms with Crippen molar-refractivity contribution in [2.75, 3.05) is 0 Å². The van der Waals surface area contributed by atoms with Gasteiger partial charge < -0.3 is 4.57 Å². The van der Waals surface area contributed by atoms with Crippen molar-refractivity contribution in [1.29, 1.82) is 0 Å². The summed E-state index contributed by atoms with van der Waals surface area (Å²) in [5.41, 5.74) is 5.83. The van der Waals surface area contributed by atoms with Crippen LogP contribution in [0.2, 0.25) is 0 Å². The van der Waals surface area contributed by atoms with E-state index < -0.39 is 0 Å². The zero-order valence-corrected chi connectivity index (χ0v) is 14.2. The van der Waals surface area contributed by atoms with E-state index in [0.717, 1.165) is 27.7 Å². The van der Waals surface area contributed by atoms with Crippen LogP contribution in [0.5, 0.6) is 0 Å². The fourth-order valence-electron chi connectivity index (χ4n) is 3.05. The molecule has 0 saturated carbocycles. The van der Waals surface area contributed by atoms with Gasteiger partial charge in [-0.15, -0.1) is 5.10 Å². The van der Waals surface area contributed by atoms with Crippen LogP contribution in [0.1, 0.15) is 11.1 Å². The topological polar surface area (TPSA) is 52.7 Å². The SMILES string of the molecule is Cc1cc(-c2ccc3nnn(Cc4ccccc4)c3c2)cn(C)c1=O. The summed E-state index contributed by atoms with van der Waals surface area (Å²) >= 11 is 0. The number of nitrogens with zero attached hydrogens (tertiary/aromatic N) is 4. The van der Waals surface area contributed by atoms with E-state index in [1.807, 2.05) is 54.2 Å². The second-order valence-electron chi connectivity index (χ2n) is 6.26. The highest BCUT2D eigenvalue weighted by molar-refractivity contribution is 5.81. The lowest BCUT2D eigenvalue weighted by molar-refractivity contribution is 0.670. The number of benzene rings is 2. The Balaban J connectivity index is 1.80. The van der Waals surface area contributed by atoms with Gasteiger partial charge in [0.05, 0.1) is 12.1 Å². The van der Waals surface area contributed by atoms with Crippen LogP contribution < -0.4 is 5.56 Å². The van der Waals surface area contributed by atoms with Gasteiger partial charge in [-0.25, -0.2) is 4.68 Å². The summed E-state index contributed by atoms with van der Waals surface area (Å²) in [7, 11) is 1.78. The number of aromatic nitrogens is 4. The average molecular weight is 330 g/mol. The molecule has 0 aliphatic rings. The van der Waals surface area contributed by atoms with Crippen LogP contribution >= 0.6 is 0 Å². The van der Waals surface area contributed by atoms with Crippen molar-refractivity contribution in [2.45, 2.75) is 13.5 Å². The number of pyridine rings is 1. The second kappa shape index (κ2) is 6.02. The van der Waals surface area contributed by atoms with E-state index in [2.05, 4.69) is 28.5 Å². The van der Waals surface area contributed by atoms with E-state index in [-0.39, 0.29) is 5.56 Å². The van der Waals surface area contributed by atoms with Gasteiger partial charge in [0.25, 0.3) is 5.56 Å². The quantitative estimate of drug-likeness (QED) is 0.580. The molecule has 0 aliphatic carbocycles. The minimum absolute atomic E-state index is 0.0283. The van der Waals surface area contributed by atoms with Crippen LogP contribution in [0.4, 0.5) is 0 Å². The van der Waals surface area contributed by atoms with Crippen LogP contribution in [0.25, 0.3) is 22.2 Å². The van der Waals surface area contributed by atoms with Crippen LogP contribution in [0, 0.1) is 6.92 Å². The Bertz CT molecular complexity index is 1080. The minimum atomic E-state index is 0.0283. The molecule has 0 atom stereocenters. The lowest BCUT2D eigenvalue weighted by atomic mass is 10.1. The molecule has 4 aromatic rings. The van der Waals surface area contributed by atoms with Crippen molar-refractivity contribution in [3.8, 4) is 11.1 Å². The van der Waals surface area contributed by atoms with Crippen molar-refractivity contribution in [1.82, 2.24) is 19.6 Å². The molecule has 0 radical (unpaired) electrons. The number of rotatable bonds is 3. The van der Waals surface area contributed by atoms with E-state index in [9.17, 15) is 4.79 Å². The number of hydrogen-bond donors (Lipinski definition) is 0. The number of fused-ring (bicyclic) bond motifs is 1. The molecular formula is C20H18N4O. The van der Waals surface area contributed by atoms with Gasteiger partial charge in [0.15, 0.2) is 0 Å². The lowest BCUT2D eigenvalue weighted by Gasteiger charge is -2.07. The molecule has 0 saturated heterocycles. The molecule has 0 amide bonds. The smallest absolute Gasteiger partial charge is 0.253 e. The third-order valence-electron chi connectivity index (χ3n) is 4.38. The minimum Gasteiger partial charge on any atom is -0.318 e. The standard InChI is InChI=1S/C20H18N4O/c1-14-10-17(13-23(2)20(14)25)16-8-9-18-19(11-16)24(22-21-18)12-15-6-4-3-5-7-15/h3-11,13H,12H2,1-2H3. The Labute approximate surface area is 145 Å². The summed E-state index contributed by atoms with van der Waals surface area (Å²) < 4.78 is 3.53. The van der Waals surface area contributed by atoms with Crippen molar-refractivity contribution in [2.24, 2.45) is 7.05 Å². The largest absolute Gasteiger partial charge is 0.318 e. The first kappa shape index (κ1) is 15.3. The molecule has 5 nitrogen and oxygen atoms in total. The van der Waals surface area contributed by atoms with Crippen LogP contribution in [0.3, 0.4) is 0 Å². The molecule has 0 aliphatic heterocycles. The maximum atomic E-state index is 11.9. The van der Waals surface area contributed by atoms with Gasteiger partial charge in [0, 0.05) is 18.8 Å². The summed E-state index contributed by atoms with van der Waals surface area (Å²) in [5, 5.41) is 8.54. The molecule has 4 rings (SSSR count). The fourth-order valence-corrected chi connectivity index (χ4v) is 3.05. The maximum Gasteiger partial charge on any atom is 0.253 e. The first-order valence-electron chi connectivity index (χ1n) is 8.16. The third kappa shape index (κ3) is 2.85. The summed E-state index contributed by atoms with van der Waals surface area (Å²) in [5.74, 6) is 0. The summed E-state index contributed by atoms with van der Waals surface area (Å²) in [6.45, 7) is 2.51. The van der Waals surface area contributed by atoms with Gasteiger partial charge in [-0.1, -0.05) is 41.6 Å². The first-order valence-corrected chi connectivity index (χ1v) is 8.16. The van der Waals surface area contributed by atoms with E-state index in [0.29, 0.717) is 6.54 Å². The molecule has 124 valence electrons. The Morgan fingerprint density at radius 2 is 1.80 bits per heavy atom. The zero-order valence-electron chi connectivity index (χ0n) is 14.2. The second-order valence-corrected chi connectivity index (χ2v) is 6.26. The van der Waals surface area contributed by atoms with E-state index >= 15 is 0 Å². The monoisotopic (exact) mass is 330 g/mol. The Kier molecular flexibility index (Phi) is 3.69. The van der Waals surface area contributed by atoms with Gasteiger partial charge >= 0.3 is 0 Å².